The van der Waals surface area contributed by atoms with Crippen molar-refractivity contribution in [2.24, 2.45) is 10.9 Å². The summed E-state index contributed by atoms with van der Waals surface area (Å²) in [4.78, 5) is 5.56. The van der Waals surface area contributed by atoms with Crippen molar-refractivity contribution in [2.75, 3.05) is 33.9 Å². The van der Waals surface area contributed by atoms with Crippen LogP contribution in [0.3, 0.4) is 0 Å². The summed E-state index contributed by atoms with van der Waals surface area (Å²) in [5.41, 5.74) is 2.43. The van der Waals surface area contributed by atoms with Gasteiger partial charge in [-0.2, -0.15) is 0 Å². The second-order valence-corrected chi connectivity index (χ2v) is 7.75. The average Bonchev–Trinajstić information content (AvgIpc) is 3.42. The molecular weight excluding hydrogens is 485 g/mol. The molecular formula is C21H30IN3O2S. The van der Waals surface area contributed by atoms with Crippen molar-refractivity contribution in [3.63, 3.8) is 0 Å². The van der Waals surface area contributed by atoms with Crippen LogP contribution in [0.5, 0.6) is 5.75 Å². The van der Waals surface area contributed by atoms with E-state index in [2.05, 4.69) is 39.2 Å². The first-order chi connectivity index (χ1) is 13.3. The van der Waals surface area contributed by atoms with Gasteiger partial charge < -0.3 is 20.1 Å². The van der Waals surface area contributed by atoms with Gasteiger partial charge in [-0.15, -0.1) is 35.3 Å². The summed E-state index contributed by atoms with van der Waals surface area (Å²) in [6.45, 7) is 3.38. The van der Waals surface area contributed by atoms with Crippen LogP contribution in [0, 0.1) is 5.92 Å². The zero-order valence-corrected chi connectivity index (χ0v) is 19.7. The van der Waals surface area contributed by atoms with E-state index in [0.29, 0.717) is 0 Å². The Labute approximate surface area is 189 Å². The number of hydrogen-bond acceptors (Lipinski definition) is 4. The van der Waals surface area contributed by atoms with Gasteiger partial charge in [0.25, 0.3) is 0 Å². The smallest absolute Gasteiger partial charge is 0.191 e. The standard InChI is InChI=1S/C21H29N3O2S.HI/c1-22-21(23-10-3-11-26-14-16-4-5-16)24-13-20-12-18(15-27-20)17-6-8-19(25-2)9-7-17;/h6-9,12,15-16H,3-5,10-11,13-14H2,1-2H3,(H2,22,23,24);1H. The van der Waals surface area contributed by atoms with Gasteiger partial charge in [-0.1, -0.05) is 12.1 Å². The molecule has 2 aromatic rings. The highest BCUT2D eigenvalue weighted by molar-refractivity contribution is 14.0. The van der Waals surface area contributed by atoms with E-state index in [0.717, 1.165) is 50.4 Å². The first-order valence-corrected chi connectivity index (χ1v) is 10.4. The topological polar surface area (TPSA) is 54.9 Å². The fourth-order valence-electron chi connectivity index (χ4n) is 2.72. The van der Waals surface area contributed by atoms with Crippen molar-refractivity contribution in [1.29, 1.82) is 0 Å². The SMILES string of the molecule is CN=C(NCCCOCC1CC1)NCc1cc(-c2ccc(OC)cc2)cs1.I. The number of halogens is 1. The van der Waals surface area contributed by atoms with Crippen LogP contribution in [0.4, 0.5) is 0 Å². The van der Waals surface area contributed by atoms with Gasteiger partial charge in [0.2, 0.25) is 0 Å². The van der Waals surface area contributed by atoms with Gasteiger partial charge in [0, 0.05) is 31.7 Å². The third-order valence-corrected chi connectivity index (χ3v) is 5.48. The molecule has 28 heavy (non-hydrogen) atoms. The number of nitrogens with zero attached hydrogens (tertiary/aromatic N) is 1. The van der Waals surface area contributed by atoms with Crippen molar-refractivity contribution >= 4 is 41.3 Å². The van der Waals surface area contributed by atoms with Gasteiger partial charge >= 0.3 is 0 Å². The number of nitrogens with one attached hydrogen (secondary N) is 2. The Morgan fingerprint density at radius 2 is 1.96 bits per heavy atom. The van der Waals surface area contributed by atoms with E-state index in [1.165, 1.54) is 28.8 Å². The lowest BCUT2D eigenvalue weighted by Gasteiger charge is -2.11. The molecule has 5 nitrogen and oxygen atoms in total. The number of methoxy groups -OCH3 is 1. The van der Waals surface area contributed by atoms with Gasteiger partial charge in [-0.3, -0.25) is 4.99 Å². The zero-order valence-electron chi connectivity index (χ0n) is 16.6. The fraction of sp³-hybridized carbons (Fsp3) is 0.476. The van der Waals surface area contributed by atoms with Crippen LogP contribution in [0.25, 0.3) is 11.1 Å². The van der Waals surface area contributed by atoms with Crippen molar-refractivity contribution in [3.05, 3.63) is 40.6 Å². The van der Waals surface area contributed by atoms with Crippen molar-refractivity contribution in [2.45, 2.75) is 25.8 Å². The van der Waals surface area contributed by atoms with Gasteiger partial charge in [0.1, 0.15) is 5.75 Å². The van der Waals surface area contributed by atoms with Gasteiger partial charge in [-0.25, -0.2) is 0 Å². The normalized spacial score (nSPS) is 13.7. The summed E-state index contributed by atoms with van der Waals surface area (Å²) in [7, 11) is 3.49. The molecule has 0 bridgehead atoms. The number of thiophene rings is 1. The number of ether oxygens (including phenoxy) is 2. The van der Waals surface area contributed by atoms with E-state index in [9.17, 15) is 0 Å². The molecule has 1 aromatic heterocycles. The van der Waals surface area contributed by atoms with Crippen LogP contribution in [-0.2, 0) is 11.3 Å². The summed E-state index contributed by atoms with van der Waals surface area (Å²) >= 11 is 1.75. The van der Waals surface area contributed by atoms with E-state index in [1.54, 1.807) is 25.5 Å². The van der Waals surface area contributed by atoms with Gasteiger partial charge in [0.05, 0.1) is 13.7 Å². The second kappa shape index (κ2) is 12.3. The molecule has 0 saturated heterocycles. The Morgan fingerprint density at radius 1 is 1.18 bits per heavy atom. The average molecular weight is 515 g/mol. The number of benzene rings is 1. The van der Waals surface area contributed by atoms with E-state index >= 15 is 0 Å². The van der Waals surface area contributed by atoms with Crippen molar-refractivity contribution in [1.82, 2.24) is 10.6 Å². The Hall–Kier alpha value is -1.32. The second-order valence-electron chi connectivity index (χ2n) is 6.75. The van der Waals surface area contributed by atoms with Crippen LogP contribution in [0.2, 0.25) is 0 Å². The number of rotatable bonds is 10. The summed E-state index contributed by atoms with van der Waals surface area (Å²) in [6, 6.07) is 10.4. The van der Waals surface area contributed by atoms with Crippen LogP contribution >= 0.6 is 35.3 Å². The number of guanidine groups is 1. The third-order valence-electron chi connectivity index (χ3n) is 4.54. The van der Waals surface area contributed by atoms with Crippen LogP contribution in [0.1, 0.15) is 24.1 Å². The molecule has 0 radical (unpaired) electrons. The molecule has 3 rings (SSSR count). The molecule has 0 spiro atoms. The quantitative estimate of drug-likeness (QED) is 0.212. The molecule has 0 aliphatic heterocycles. The lowest BCUT2D eigenvalue weighted by atomic mass is 10.1. The maximum atomic E-state index is 5.66. The molecule has 1 aliphatic carbocycles. The predicted molar refractivity (Wildman–Crippen MR) is 128 cm³/mol. The van der Waals surface area contributed by atoms with Crippen molar-refractivity contribution < 1.29 is 9.47 Å². The maximum Gasteiger partial charge on any atom is 0.191 e. The monoisotopic (exact) mass is 515 g/mol. The summed E-state index contributed by atoms with van der Waals surface area (Å²) in [6.07, 6.45) is 3.68. The predicted octanol–water partition coefficient (Wildman–Crippen LogP) is 4.52. The first-order valence-electron chi connectivity index (χ1n) is 9.52. The molecule has 1 saturated carbocycles. The van der Waals surface area contributed by atoms with Crippen molar-refractivity contribution in [3.8, 4) is 16.9 Å². The minimum atomic E-state index is 0. The molecule has 1 aliphatic rings. The lowest BCUT2D eigenvalue weighted by molar-refractivity contribution is 0.123. The molecule has 0 unspecified atom stereocenters. The molecule has 154 valence electrons. The first kappa shape index (κ1) is 23.0. The maximum absolute atomic E-state index is 5.66. The summed E-state index contributed by atoms with van der Waals surface area (Å²) < 4.78 is 10.9. The lowest BCUT2D eigenvalue weighted by Crippen LogP contribution is -2.37. The Morgan fingerprint density at radius 3 is 2.64 bits per heavy atom. The molecule has 1 aromatic carbocycles. The highest BCUT2D eigenvalue weighted by atomic mass is 127. The molecule has 0 amide bonds. The van der Waals surface area contributed by atoms with Crippen LogP contribution in [0.15, 0.2) is 40.7 Å². The molecule has 0 atom stereocenters. The molecule has 2 N–H and O–H groups in total. The van der Waals surface area contributed by atoms with Crippen LogP contribution in [-0.4, -0.2) is 39.9 Å². The van der Waals surface area contributed by atoms with E-state index in [4.69, 9.17) is 9.47 Å². The highest BCUT2D eigenvalue weighted by Crippen LogP contribution is 2.29. The van der Waals surface area contributed by atoms with E-state index < -0.39 is 0 Å². The van der Waals surface area contributed by atoms with E-state index in [-0.39, 0.29) is 24.0 Å². The zero-order chi connectivity index (χ0) is 18.9. The Kier molecular flexibility index (Phi) is 10.1. The fourth-order valence-corrected chi connectivity index (χ4v) is 3.55. The van der Waals surface area contributed by atoms with Crippen LogP contribution < -0.4 is 15.4 Å². The Bertz CT molecular complexity index is 730. The number of aliphatic imine (C=N–C) groups is 1. The largest absolute Gasteiger partial charge is 0.497 e. The third kappa shape index (κ3) is 7.60. The Balaban J connectivity index is 0.00000280. The van der Waals surface area contributed by atoms with Gasteiger partial charge in [-0.05, 0) is 59.9 Å². The minimum Gasteiger partial charge on any atom is -0.497 e. The summed E-state index contributed by atoms with van der Waals surface area (Å²) in [5, 5.41) is 8.91. The molecule has 1 fully saturated rings. The minimum absolute atomic E-state index is 0. The van der Waals surface area contributed by atoms with E-state index in [1.807, 2.05) is 12.1 Å². The summed E-state index contributed by atoms with van der Waals surface area (Å²) in [5.74, 6) is 2.54. The molecule has 1 heterocycles. The highest BCUT2D eigenvalue weighted by Gasteiger charge is 2.20. The molecule has 7 heteroatoms. The number of hydrogen-bond donors (Lipinski definition) is 2. The van der Waals surface area contributed by atoms with Gasteiger partial charge in [0.15, 0.2) is 5.96 Å².